The molecule has 1 aromatic carbocycles. The van der Waals surface area contributed by atoms with Crippen LogP contribution in [0.5, 0.6) is 11.5 Å². The lowest BCUT2D eigenvalue weighted by molar-refractivity contribution is 0.0948. The number of phenols is 2. The highest BCUT2D eigenvalue weighted by molar-refractivity contribution is 5.96. The first kappa shape index (κ1) is 11.0. The Morgan fingerprint density at radius 3 is 2.88 bits per heavy atom. The number of aromatic amines is 1. The average Bonchev–Trinajstić information content (AvgIpc) is 2.78. The molecule has 0 atom stereocenters. The average molecular weight is 233 g/mol. The van der Waals surface area contributed by atoms with Crippen LogP contribution in [-0.2, 0) is 6.54 Å². The summed E-state index contributed by atoms with van der Waals surface area (Å²) in [4.78, 5) is 11.7. The number of carbonyl (C=O) groups is 1. The van der Waals surface area contributed by atoms with Gasteiger partial charge in [-0.25, -0.2) is 0 Å². The van der Waals surface area contributed by atoms with Crippen molar-refractivity contribution in [3.8, 4) is 11.5 Å². The molecule has 0 aliphatic heterocycles. The summed E-state index contributed by atoms with van der Waals surface area (Å²) in [5.74, 6) is -0.757. The Morgan fingerprint density at radius 1 is 1.41 bits per heavy atom. The third kappa shape index (κ3) is 2.54. The highest BCUT2D eigenvalue weighted by Gasteiger charge is 2.11. The number of rotatable bonds is 3. The van der Waals surface area contributed by atoms with Crippen molar-refractivity contribution in [3.63, 3.8) is 0 Å². The molecule has 0 fully saturated rings. The van der Waals surface area contributed by atoms with E-state index in [1.54, 1.807) is 12.4 Å². The van der Waals surface area contributed by atoms with Crippen molar-refractivity contribution < 1.29 is 15.0 Å². The number of aromatic nitrogens is 2. The van der Waals surface area contributed by atoms with Gasteiger partial charge >= 0.3 is 0 Å². The van der Waals surface area contributed by atoms with Gasteiger partial charge in [0.1, 0.15) is 11.5 Å². The van der Waals surface area contributed by atoms with Crippen LogP contribution in [0, 0.1) is 0 Å². The molecule has 0 spiro atoms. The molecule has 0 aliphatic rings. The topological polar surface area (TPSA) is 98.2 Å². The Hall–Kier alpha value is -2.50. The third-order valence-electron chi connectivity index (χ3n) is 2.23. The Kier molecular flexibility index (Phi) is 2.95. The highest BCUT2D eigenvalue weighted by atomic mass is 16.3. The molecule has 0 aliphatic carbocycles. The van der Waals surface area contributed by atoms with E-state index in [-0.39, 0.29) is 17.1 Å². The van der Waals surface area contributed by atoms with Crippen LogP contribution < -0.4 is 5.32 Å². The van der Waals surface area contributed by atoms with Crippen LogP contribution in [0.1, 0.15) is 15.9 Å². The van der Waals surface area contributed by atoms with Gasteiger partial charge in [0.05, 0.1) is 11.8 Å². The standard InChI is InChI=1S/C11H11N3O3/c15-8-1-2-9(10(16)3-8)11(17)12-4-7-5-13-14-6-7/h1-3,5-6,15-16H,4H2,(H,12,17)(H,13,14). The number of amides is 1. The Balaban J connectivity index is 2.04. The minimum atomic E-state index is -0.413. The van der Waals surface area contributed by atoms with E-state index in [2.05, 4.69) is 15.5 Å². The summed E-state index contributed by atoms with van der Waals surface area (Å²) >= 11 is 0. The van der Waals surface area contributed by atoms with E-state index in [1.165, 1.54) is 12.1 Å². The van der Waals surface area contributed by atoms with Crippen molar-refractivity contribution in [2.75, 3.05) is 0 Å². The zero-order valence-corrected chi connectivity index (χ0v) is 8.84. The zero-order valence-electron chi connectivity index (χ0n) is 8.84. The normalized spacial score (nSPS) is 10.1. The molecule has 0 radical (unpaired) electrons. The van der Waals surface area contributed by atoms with Gasteiger partial charge in [-0.3, -0.25) is 9.89 Å². The van der Waals surface area contributed by atoms with Gasteiger partial charge in [0, 0.05) is 24.4 Å². The van der Waals surface area contributed by atoms with E-state index in [4.69, 9.17) is 5.11 Å². The van der Waals surface area contributed by atoms with Crippen LogP contribution in [0.2, 0.25) is 0 Å². The number of nitrogens with one attached hydrogen (secondary N) is 2. The fourth-order valence-corrected chi connectivity index (χ4v) is 1.36. The minimum Gasteiger partial charge on any atom is -0.508 e. The van der Waals surface area contributed by atoms with Crippen LogP contribution in [0.15, 0.2) is 30.6 Å². The molecular formula is C11H11N3O3. The number of benzene rings is 1. The largest absolute Gasteiger partial charge is 0.508 e. The maximum atomic E-state index is 11.7. The van der Waals surface area contributed by atoms with Crippen LogP contribution in [-0.4, -0.2) is 26.3 Å². The molecule has 6 nitrogen and oxygen atoms in total. The van der Waals surface area contributed by atoms with Crippen LogP contribution >= 0.6 is 0 Å². The first-order valence-electron chi connectivity index (χ1n) is 4.94. The van der Waals surface area contributed by atoms with Crippen LogP contribution in [0.3, 0.4) is 0 Å². The van der Waals surface area contributed by atoms with Crippen molar-refractivity contribution in [2.45, 2.75) is 6.54 Å². The van der Waals surface area contributed by atoms with Gasteiger partial charge in [-0.15, -0.1) is 0 Å². The van der Waals surface area contributed by atoms with E-state index >= 15 is 0 Å². The minimum absolute atomic E-state index is 0.0890. The monoisotopic (exact) mass is 233 g/mol. The molecular weight excluding hydrogens is 222 g/mol. The summed E-state index contributed by atoms with van der Waals surface area (Å²) in [6, 6.07) is 3.81. The zero-order chi connectivity index (χ0) is 12.3. The molecule has 17 heavy (non-hydrogen) atoms. The molecule has 0 unspecified atom stereocenters. The van der Waals surface area contributed by atoms with Crippen LogP contribution in [0.25, 0.3) is 0 Å². The van der Waals surface area contributed by atoms with Crippen molar-refractivity contribution >= 4 is 5.91 Å². The summed E-state index contributed by atoms with van der Waals surface area (Å²) in [5, 5.41) is 27.6. The Labute approximate surface area is 96.9 Å². The second-order valence-corrected chi connectivity index (χ2v) is 3.49. The maximum absolute atomic E-state index is 11.7. The van der Waals surface area contributed by atoms with E-state index in [9.17, 15) is 9.90 Å². The fourth-order valence-electron chi connectivity index (χ4n) is 1.36. The second kappa shape index (κ2) is 4.56. The lowest BCUT2D eigenvalue weighted by Gasteiger charge is -2.05. The molecule has 2 aromatic rings. The lowest BCUT2D eigenvalue weighted by atomic mass is 10.1. The third-order valence-corrected chi connectivity index (χ3v) is 2.23. The van der Waals surface area contributed by atoms with Crippen LogP contribution in [0.4, 0.5) is 0 Å². The SMILES string of the molecule is O=C(NCc1cn[nH]c1)c1ccc(O)cc1O. The number of carbonyl (C=O) groups excluding carboxylic acids is 1. The molecule has 4 N–H and O–H groups in total. The van der Waals surface area contributed by atoms with Gasteiger partial charge in [-0.1, -0.05) is 0 Å². The lowest BCUT2D eigenvalue weighted by Crippen LogP contribution is -2.22. The van der Waals surface area contributed by atoms with Gasteiger partial charge in [0.2, 0.25) is 0 Å². The molecule has 1 amide bonds. The van der Waals surface area contributed by atoms with E-state index in [0.29, 0.717) is 6.54 Å². The molecule has 0 bridgehead atoms. The van der Waals surface area contributed by atoms with Crippen molar-refractivity contribution in [1.29, 1.82) is 0 Å². The second-order valence-electron chi connectivity index (χ2n) is 3.49. The number of phenolic OH excluding ortho intramolecular Hbond substituents is 2. The molecule has 2 rings (SSSR count). The van der Waals surface area contributed by atoms with E-state index in [0.717, 1.165) is 11.6 Å². The highest BCUT2D eigenvalue weighted by Crippen LogP contribution is 2.22. The van der Waals surface area contributed by atoms with Gasteiger partial charge in [-0.2, -0.15) is 5.10 Å². The van der Waals surface area contributed by atoms with Gasteiger partial charge < -0.3 is 15.5 Å². The summed E-state index contributed by atoms with van der Waals surface area (Å²) in [5.41, 5.74) is 0.947. The summed E-state index contributed by atoms with van der Waals surface area (Å²) < 4.78 is 0. The van der Waals surface area contributed by atoms with Crippen molar-refractivity contribution in [1.82, 2.24) is 15.5 Å². The smallest absolute Gasteiger partial charge is 0.255 e. The quantitative estimate of drug-likeness (QED) is 0.628. The Morgan fingerprint density at radius 2 is 2.24 bits per heavy atom. The molecule has 6 heteroatoms. The predicted molar refractivity (Wildman–Crippen MR) is 59.5 cm³/mol. The first-order chi connectivity index (χ1) is 8.16. The summed E-state index contributed by atoms with van der Waals surface area (Å²) in [6.07, 6.45) is 3.26. The number of aromatic hydroxyl groups is 2. The van der Waals surface area contributed by atoms with Gasteiger partial charge in [0.25, 0.3) is 5.91 Å². The first-order valence-corrected chi connectivity index (χ1v) is 4.94. The summed E-state index contributed by atoms with van der Waals surface area (Å²) in [7, 11) is 0. The molecule has 1 heterocycles. The molecule has 1 aromatic heterocycles. The number of H-pyrrole nitrogens is 1. The molecule has 0 saturated heterocycles. The van der Waals surface area contributed by atoms with E-state index < -0.39 is 5.91 Å². The molecule has 0 saturated carbocycles. The Bertz CT molecular complexity index is 523. The number of nitrogens with zero attached hydrogens (tertiary/aromatic N) is 1. The summed E-state index contributed by atoms with van der Waals surface area (Å²) in [6.45, 7) is 0.315. The molecule has 88 valence electrons. The predicted octanol–water partition coefficient (Wildman–Crippen LogP) is 0.751. The maximum Gasteiger partial charge on any atom is 0.255 e. The number of hydrogen-bond acceptors (Lipinski definition) is 4. The van der Waals surface area contributed by atoms with Gasteiger partial charge in [0.15, 0.2) is 0 Å². The number of hydrogen-bond donors (Lipinski definition) is 4. The van der Waals surface area contributed by atoms with Crippen molar-refractivity contribution in [3.05, 3.63) is 41.7 Å². The van der Waals surface area contributed by atoms with Gasteiger partial charge in [-0.05, 0) is 12.1 Å². The van der Waals surface area contributed by atoms with Crippen molar-refractivity contribution in [2.24, 2.45) is 0 Å². The van der Waals surface area contributed by atoms with E-state index in [1.807, 2.05) is 0 Å². The fraction of sp³-hybridized carbons (Fsp3) is 0.0909.